The van der Waals surface area contributed by atoms with Crippen LogP contribution in [0.1, 0.15) is 94.9 Å². The number of hydrogen-bond donors (Lipinski definition) is 23. The van der Waals surface area contributed by atoms with Gasteiger partial charge in [0.2, 0.25) is 0 Å². The number of carboxylic acid groups (broad SMARTS) is 2. The van der Waals surface area contributed by atoms with Gasteiger partial charge >= 0.3 is 17.9 Å². The van der Waals surface area contributed by atoms with E-state index in [1.54, 1.807) is 41.5 Å². The molecule has 105 heavy (non-hydrogen) atoms. The number of cyclic esters (lactones) is 1. The lowest BCUT2D eigenvalue weighted by Crippen LogP contribution is -2.61. The third-order valence-corrected chi connectivity index (χ3v) is 19.4. The fraction of sp³-hybridized carbons (Fsp3) is 0.952. The summed E-state index contributed by atoms with van der Waals surface area (Å²) >= 11 is 0. The first-order chi connectivity index (χ1) is 46.2. The Labute approximate surface area is 607 Å². The number of esters is 1. The Morgan fingerprint density at radius 3 is 1.44 bits per heavy atom. The van der Waals surface area contributed by atoms with Crippen molar-refractivity contribution >= 4 is 17.9 Å². The lowest BCUT2D eigenvalue weighted by molar-refractivity contribution is -0.326. The van der Waals surface area contributed by atoms with Crippen molar-refractivity contribution in [3.63, 3.8) is 0 Å². The molecule has 0 spiro atoms. The number of aliphatic hydroxyl groups excluding tert-OH is 19. The summed E-state index contributed by atoms with van der Waals surface area (Å²) in [6.45, 7) is 14.5. The number of carbonyl (C=O) groups is 3. The summed E-state index contributed by atoms with van der Waals surface area (Å²) in [5.41, 5.74) is -4.37. The summed E-state index contributed by atoms with van der Waals surface area (Å²) in [6, 6.07) is -0.808. The molecule has 5 aliphatic rings. The molecule has 0 aromatic heterocycles. The van der Waals surface area contributed by atoms with Gasteiger partial charge in [0, 0.05) is 38.1 Å². The smallest absolute Gasteiger partial charge is 0.335 e. The maximum atomic E-state index is 14.2. The zero-order chi connectivity index (χ0) is 76.9. The van der Waals surface area contributed by atoms with Crippen LogP contribution >= 0.6 is 0 Å². The number of hydrogen-bond acceptors (Lipinski definition) is 36. The van der Waals surface area contributed by atoms with Crippen molar-refractivity contribution < 1.29 is 207 Å². The van der Waals surface area contributed by atoms with Crippen LogP contribution in [-0.4, -0.2) is 434 Å². The molecule has 36 atom stereocenters. The van der Waals surface area contributed by atoms with E-state index in [0.717, 1.165) is 0 Å². The molecule has 43 nitrogen and oxygen atoms in total. The van der Waals surface area contributed by atoms with Crippen LogP contribution in [0.25, 0.3) is 0 Å². The van der Waals surface area contributed by atoms with Crippen molar-refractivity contribution in [1.82, 2.24) is 9.80 Å². The van der Waals surface area contributed by atoms with Crippen LogP contribution in [-0.2, 0) is 61.8 Å². The van der Waals surface area contributed by atoms with Gasteiger partial charge in [0.05, 0.1) is 68.0 Å². The van der Waals surface area contributed by atoms with Gasteiger partial charge in [-0.15, -0.1) is 0 Å². The molecule has 5 rings (SSSR count). The second kappa shape index (κ2) is 46.1. The molecule has 0 aromatic carbocycles. The maximum Gasteiger partial charge on any atom is 0.335 e. The van der Waals surface area contributed by atoms with E-state index in [9.17, 15) is 101 Å². The fourth-order valence-electron chi connectivity index (χ4n) is 13.1. The number of nitrogens with zero attached hydrogens (tertiary/aromatic N) is 2. The molecule has 0 unspecified atom stereocenters. The van der Waals surface area contributed by atoms with Crippen LogP contribution in [0, 0.1) is 17.8 Å². The van der Waals surface area contributed by atoms with Gasteiger partial charge in [-0.05, 0) is 94.8 Å². The SMILES string of the molecule is CC[C@H]1OC(=O)[C@H](C)[C@@H](O[C@H]2C[C@@](C)(OC)[C@@H](O)[C@H](C)O2)[C@H](C)[C@@H](O[C@@H]2O[C@H](C)C[C@H](N(C)C)[C@H]2O)[C@](C)(O)C[C@@H](C)CN(C)[C@H](C)[C@@H](O)[C@]1(C)O.O.O.O.O.O.O=C(O)[C@H](O)[C@@H](O)[C@@H](O[C@@H]1O[C@H](CO)[C@H](O)[C@H](O)[C@H]1O)[C@@H](O)CO.O=C(O)[C@H](O)[C@@H](O)[C@@H](O[C@@H]1O[C@H](CO)[C@H](O)[C@H](O)[C@H]1O)[C@@H](O)CO. The van der Waals surface area contributed by atoms with Gasteiger partial charge in [-0.1, -0.05) is 20.8 Å². The van der Waals surface area contributed by atoms with E-state index in [1.807, 2.05) is 51.7 Å². The summed E-state index contributed by atoms with van der Waals surface area (Å²) < 4.78 is 57.5. The number of carbonyl (C=O) groups excluding carboxylic acids is 1. The van der Waals surface area contributed by atoms with Gasteiger partial charge in [-0.25, -0.2) is 9.59 Å². The normalized spacial score (nSPS) is 41.0. The molecule has 5 fully saturated rings. The van der Waals surface area contributed by atoms with E-state index in [0.29, 0.717) is 13.0 Å². The van der Waals surface area contributed by atoms with Crippen LogP contribution in [0.2, 0.25) is 0 Å². The average Bonchev–Trinajstić information content (AvgIpc) is 1.53. The van der Waals surface area contributed by atoms with Crippen LogP contribution in [0.5, 0.6) is 0 Å². The minimum Gasteiger partial charge on any atom is -0.479 e. The van der Waals surface area contributed by atoms with Crippen LogP contribution in [0.4, 0.5) is 0 Å². The Bertz CT molecular complexity index is 2360. The third-order valence-electron chi connectivity index (χ3n) is 19.4. The first-order valence-corrected chi connectivity index (χ1v) is 33.1. The zero-order valence-electron chi connectivity index (χ0n) is 61.4. The molecule has 43 heteroatoms. The summed E-state index contributed by atoms with van der Waals surface area (Å²) in [4.78, 5) is 39.5. The summed E-state index contributed by atoms with van der Waals surface area (Å²) in [6.07, 6.45) is -42.1. The lowest BCUT2D eigenvalue weighted by atomic mass is 9.77. The number of ether oxygens (including phenoxy) is 10. The number of rotatable bonds is 23. The maximum absolute atomic E-state index is 14.2. The molecule has 0 aromatic rings. The highest BCUT2D eigenvalue weighted by Crippen LogP contribution is 2.41. The highest BCUT2D eigenvalue weighted by atomic mass is 16.7. The van der Waals surface area contributed by atoms with Crippen molar-refractivity contribution in [3.8, 4) is 0 Å². The molecule has 5 aliphatic heterocycles. The van der Waals surface area contributed by atoms with Gasteiger partial charge in [-0.2, -0.15) is 0 Å². The van der Waals surface area contributed by atoms with Gasteiger partial charge in [0.25, 0.3) is 0 Å². The predicted octanol–water partition coefficient (Wildman–Crippen LogP) is -13.6. The Morgan fingerprint density at radius 2 is 1.06 bits per heavy atom. The fourth-order valence-corrected chi connectivity index (χ4v) is 13.1. The van der Waals surface area contributed by atoms with Crippen molar-refractivity contribution in [2.75, 3.05) is 61.2 Å². The van der Waals surface area contributed by atoms with Gasteiger partial charge < -0.3 is 202 Å². The number of aliphatic carboxylic acids is 2. The summed E-state index contributed by atoms with van der Waals surface area (Å²) in [7, 11) is 7.12. The Morgan fingerprint density at radius 1 is 0.619 bits per heavy atom. The van der Waals surface area contributed by atoms with Crippen LogP contribution < -0.4 is 0 Å². The van der Waals surface area contributed by atoms with Gasteiger partial charge in [0.15, 0.2) is 37.4 Å². The molecule has 630 valence electrons. The van der Waals surface area contributed by atoms with E-state index < -0.39 is 245 Å². The molecule has 5 saturated heterocycles. The van der Waals surface area contributed by atoms with Crippen LogP contribution in [0.15, 0.2) is 0 Å². The molecule has 0 amide bonds. The standard InChI is InChI=1S/C38H72N2O12.2C12H22O12.5H2O/c1-15-27-38(10,46)31(42)24(6)40(13)19-20(2)17-36(8,45)33(52-35-29(41)26(39(11)12)16-21(3)48-35)22(4)30(23(5)34(44)50-27)51-28-18-37(9,47-14)32(43)25(7)49-28;2*13-1-3(15)10(7(18)8(19)11(21)22)24-12-9(20)6(17)5(16)4(2-14)23-12;;;;;/h20-33,35,41-43,45-46H,15-19H2,1-14H3;2*3-10,12-20H,1-2H2,(H,21,22);5*1H2/t20-,21-,22+,23-,24-,25+,26+,27-,28+,29-,30+,31-,32+,33-,35+,36-,37-,38-;2*3-,4+,5-,6-,7+,8+,9+,10-,12-;;;;;/m100...../s1. The number of methoxy groups -OCH3 is 1. The minimum atomic E-state index is -2.39. The van der Waals surface area contributed by atoms with Crippen LogP contribution in [0.3, 0.4) is 0 Å². The molecular formula is C62H126N2O41. The minimum absolute atomic E-state index is 0. The first-order valence-electron chi connectivity index (χ1n) is 33.1. The Kier molecular flexibility index (Phi) is 46.5. The summed E-state index contributed by atoms with van der Waals surface area (Å²) in [5.74, 6) is -6.26. The Balaban J connectivity index is -0.00000164. The van der Waals surface area contributed by atoms with E-state index in [2.05, 4.69) is 0 Å². The van der Waals surface area contributed by atoms with E-state index in [4.69, 9.17) is 78.0 Å². The molecule has 0 aliphatic carbocycles. The Hall–Kier alpha value is -3.07. The average molecular weight is 1560 g/mol. The van der Waals surface area contributed by atoms with Crippen molar-refractivity contribution in [2.24, 2.45) is 17.8 Å². The molecular weight excluding hydrogens is 1430 g/mol. The zero-order valence-corrected chi connectivity index (χ0v) is 61.4. The highest BCUT2D eigenvalue weighted by Gasteiger charge is 2.55. The quantitative estimate of drug-likeness (QED) is 0.0422. The monoisotopic (exact) mass is 1550 g/mol. The van der Waals surface area contributed by atoms with Crippen molar-refractivity contribution in [1.29, 1.82) is 0 Å². The topological polar surface area (TPSA) is 773 Å². The number of carboxylic acids is 2. The molecule has 0 radical (unpaired) electrons. The number of aliphatic hydroxyl groups is 21. The van der Waals surface area contributed by atoms with Crippen molar-refractivity contribution in [3.05, 3.63) is 0 Å². The van der Waals surface area contributed by atoms with Gasteiger partial charge in [-0.3, -0.25) is 4.79 Å². The first kappa shape index (κ1) is 106. The largest absolute Gasteiger partial charge is 0.479 e. The second-order valence-corrected chi connectivity index (χ2v) is 27.8. The molecule has 0 saturated carbocycles. The molecule has 33 N–H and O–H groups in total. The molecule has 0 bridgehead atoms. The lowest BCUT2D eigenvalue weighted by Gasteiger charge is -2.48. The van der Waals surface area contributed by atoms with E-state index >= 15 is 0 Å². The summed E-state index contributed by atoms with van der Waals surface area (Å²) in [5, 5.41) is 227. The third kappa shape index (κ3) is 26.8. The highest BCUT2D eigenvalue weighted by molar-refractivity contribution is 5.73. The molecule has 5 heterocycles. The predicted molar refractivity (Wildman–Crippen MR) is 355 cm³/mol. The second-order valence-electron chi connectivity index (χ2n) is 27.8. The van der Waals surface area contributed by atoms with E-state index in [-0.39, 0.29) is 64.7 Å². The number of likely N-dealkylation sites (N-methyl/N-ethyl adjacent to an activating group) is 2. The van der Waals surface area contributed by atoms with E-state index in [1.165, 1.54) is 14.0 Å². The van der Waals surface area contributed by atoms with Gasteiger partial charge in [0.1, 0.15) is 115 Å². The van der Waals surface area contributed by atoms with Crippen molar-refractivity contribution in [2.45, 2.75) is 295 Å².